The van der Waals surface area contributed by atoms with Crippen molar-refractivity contribution in [1.29, 1.82) is 0 Å². The molecule has 1 aromatic carbocycles. The van der Waals surface area contributed by atoms with Crippen molar-refractivity contribution in [2.75, 3.05) is 24.7 Å². The van der Waals surface area contributed by atoms with Gasteiger partial charge in [-0.1, -0.05) is 0 Å². The van der Waals surface area contributed by atoms with E-state index in [1.165, 1.54) is 12.1 Å². The van der Waals surface area contributed by atoms with E-state index >= 15 is 0 Å². The molecule has 5 heteroatoms. The van der Waals surface area contributed by atoms with E-state index in [4.69, 9.17) is 5.73 Å². The van der Waals surface area contributed by atoms with Gasteiger partial charge < -0.3 is 10.6 Å². The van der Waals surface area contributed by atoms with Gasteiger partial charge in [-0.05, 0) is 18.2 Å². The molecule has 0 amide bonds. The summed E-state index contributed by atoms with van der Waals surface area (Å²) in [5.74, 6) is 0.305. The van der Waals surface area contributed by atoms with E-state index in [9.17, 15) is 4.39 Å². The third-order valence-corrected chi connectivity index (χ3v) is 2.72. The number of anilines is 2. The molecule has 0 unspecified atom stereocenters. The summed E-state index contributed by atoms with van der Waals surface area (Å²) in [6, 6.07) is 4.63. The van der Waals surface area contributed by atoms with Gasteiger partial charge in [0.15, 0.2) is 0 Å². The largest absolute Gasteiger partial charge is 0.383 e. The number of aryl methyl sites for hydroxylation is 1. The van der Waals surface area contributed by atoms with E-state index in [1.54, 1.807) is 24.0 Å². The molecule has 4 nitrogen and oxygen atoms in total. The number of nitrogens with two attached hydrogens (primary N) is 1. The molecule has 2 aromatic rings. The number of rotatable bonds is 2. The van der Waals surface area contributed by atoms with Crippen LogP contribution in [0, 0.1) is 5.82 Å². The standard InChI is InChI=1S/C12H15FN4/c1-16(2)11-6-8(13)4-5-9(11)10-7-15-17(3)12(10)14/h4-7H,14H2,1-3H3. The highest BCUT2D eigenvalue weighted by molar-refractivity contribution is 5.83. The fourth-order valence-corrected chi connectivity index (χ4v) is 1.76. The van der Waals surface area contributed by atoms with Gasteiger partial charge in [0.25, 0.3) is 0 Å². The molecule has 0 aliphatic heterocycles. The highest BCUT2D eigenvalue weighted by Crippen LogP contribution is 2.33. The quantitative estimate of drug-likeness (QED) is 0.863. The van der Waals surface area contributed by atoms with Crippen LogP contribution in [0.15, 0.2) is 24.4 Å². The van der Waals surface area contributed by atoms with Crippen LogP contribution in [-0.2, 0) is 7.05 Å². The van der Waals surface area contributed by atoms with Crippen molar-refractivity contribution in [2.45, 2.75) is 0 Å². The fourth-order valence-electron chi connectivity index (χ4n) is 1.76. The van der Waals surface area contributed by atoms with Crippen molar-refractivity contribution < 1.29 is 4.39 Å². The predicted molar refractivity (Wildman–Crippen MR) is 67.3 cm³/mol. The van der Waals surface area contributed by atoms with E-state index in [1.807, 2.05) is 19.0 Å². The van der Waals surface area contributed by atoms with Crippen LogP contribution < -0.4 is 10.6 Å². The predicted octanol–water partition coefficient (Wildman–Crippen LogP) is 1.87. The fraction of sp³-hybridized carbons (Fsp3) is 0.250. The van der Waals surface area contributed by atoms with E-state index in [0.717, 1.165) is 16.8 Å². The van der Waals surface area contributed by atoms with Gasteiger partial charge in [0.1, 0.15) is 11.6 Å². The average molecular weight is 234 g/mol. The van der Waals surface area contributed by atoms with Crippen LogP contribution in [0.2, 0.25) is 0 Å². The van der Waals surface area contributed by atoms with Gasteiger partial charge in [0, 0.05) is 38.0 Å². The number of nitrogens with zero attached hydrogens (tertiary/aromatic N) is 3. The minimum atomic E-state index is -0.264. The van der Waals surface area contributed by atoms with Gasteiger partial charge in [0.05, 0.1) is 6.20 Å². The van der Waals surface area contributed by atoms with Gasteiger partial charge in [-0.3, -0.25) is 4.68 Å². The number of aromatic nitrogens is 2. The summed E-state index contributed by atoms with van der Waals surface area (Å²) in [5, 5.41) is 4.09. The highest BCUT2D eigenvalue weighted by atomic mass is 19.1. The highest BCUT2D eigenvalue weighted by Gasteiger charge is 2.13. The minimum Gasteiger partial charge on any atom is -0.383 e. The Balaban J connectivity index is 2.63. The number of halogens is 1. The zero-order valence-corrected chi connectivity index (χ0v) is 10.1. The van der Waals surface area contributed by atoms with Crippen LogP contribution in [0.5, 0.6) is 0 Å². The first-order chi connectivity index (χ1) is 8.00. The lowest BCUT2D eigenvalue weighted by Gasteiger charge is -2.17. The summed E-state index contributed by atoms with van der Waals surface area (Å²) < 4.78 is 14.8. The molecule has 0 fully saturated rings. The lowest BCUT2D eigenvalue weighted by Crippen LogP contribution is -2.10. The van der Waals surface area contributed by atoms with Crippen LogP contribution in [-0.4, -0.2) is 23.9 Å². The Morgan fingerprint density at radius 3 is 2.53 bits per heavy atom. The number of nitrogen functional groups attached to an aromatic ring is 1. The second-order valence-corrected chi connectivity index (χ2v) is 4.12. The van der Waals surface area contributed by atoms with E-state index in [0.29, 0.717) is 5.82 Å². The maximum absolute atomic E-state index is 13.3. The first-order valence-corrected chi connectivity index (χ1v) is 5.25. The van der Waals surface area contributed by atoms with Crippen LogP contribution >= 0.6 is 0 Å². The Labute approximate surface area is 99.5 Å². The zero-order chi connectivity index (χ0) is 12.6. The Bertz CT molecular complexity index is 545. The van der Waals surface area contributed by atoms with Gasteiger partial charge >= 0.3 is 0 Å². The third kappa shape index (κ3) is 1.95. The minimum absolute atomic E-state index is 0.264. The molecule has 1 heterocycles. The van der Waals surface area contributed by atoms with Gasteiger partial charge in [-0.2, -0.15) is 5.10 Å². The molecule has 0 saturated heterocycles. The number of hydrogen-bond donors (Lipinski definition) is 1. The van der Waals surface area contributed by atoms with Gasteiger partial charge in [-0.25, -0.2) is 4.39 Å². The van der Waals surface area contributed by atoms with E-state index < -0.39 is 0 Å². The second kappa shape index (κ2) is 4.08. The maximum atomic E-state index is 13.3. The summed E-state index contributed by atoms with van der Waals surface area (Å²) in [4.78, 5) is 1.85. The molecule has 0 radical (unpaired) electrons. The van der Waals surface area contributed by atoms with Crippen molar-refractivity contribution in [1.82, 2.24) is 9.78 Å². The smallest absolute Gasteiger partial charge is 0.129 e. The lowest BCUT2D eigenvalue weighted by molar-refractivity contribution is 0.628. The molecule has 0 aliphatic carbocycles. The van der Waals surface area contributed by atoms with Crippen LogP contribution in [0.4, 0.5) is 15.9 Å². The van der Waals surface area contributed by atoms with Crippen molar-refractivity contribution in [2.24, 2.45) is 7.05 Å². The molecule has 0 spiro atoms. The molecular weight excluding hydrogens is 219 g/mol. The second-order valence-electron chi connectivity index (χ2n) is 4.12. The summed E-state index contributed by atoms with van der Waals surface area (Å²) in [6.45, 7) is 0. The zero-order valence-electron chi connectivity index (χ0n) is 10.1. The molecule has 2 rings (SSSR count). The van der Waals surface area contributed by atoms with Crippen molar-refractivity contribution >= 4 is 11.5 Å². The van der Waals surface area contributed by atoms with Crippen LogP contribution in [0.3, 0.4) is 0 Å². The molecule has 0 aliphatic rings. The molecular formula is C12H15FN4. The Kier molecular flexibility index (Phi) is 2.75. The van der Waals surface area contributed by atoms with E-state index in [-0.39, 0.29) is 5.82 Å². The first-order valence-electron chi connectivity index (χ1n) is 5.25. The summed E-state index contributed by atoms with van der Waals surface area (Å²) in [6.07, 6.45) is 1.69. The van der Waals surface area contributed by atoms with Gasteiger partial charge in [-0.15, -0.1) is 0 Å². The molecule has 2 N–H and O–H groups in total. The Morgan fingerprint density at radius 2 is 2.00 bits per heavy atom. The number of hydrogen-bond acceptors (Lipinski definition) is 3. The summed E-state index contributed by atoms with van der Waals surface area (Å²) in [7, 11) is 5.51. The molecule has 0 bridgehead atoms. The number of benzene rings is 1. The molecule has 0 atom stereocenters. The first kappa shape index (κ1) is 11.4. The molecule has 0 saturated carbocycles. The molecule has 1 aromatic heterocycles. The third-order valence-electron chi connectivity index (χ3n) is 2.72. The summed E-state index contributed by atoms with van der Waals surface area (Å²) >= 11 is 0. The summed E-state index contributed by atoms with van der Waals surface area (Å²) in [5.41, 5.74) is 8.40. The van der Waals surface area contributed by atoms with Crippen molar-refractivity contribution in [3.8, 4) is 11.1 Å². The van der Waals surface area contributed by atoms with Crippen LogP contribution in [0.1, 0.15) is 0 Å². The van der Waals surface area contributed by atoms with Crippen molar-refractivity contribution in [3.63, 3.8) is 0 Å². The monoisotopic (exact) mass is 234 g/mol. The maximum Gasteiger partial charge on any atom is 0.129 e. The van der Waals surface area contributed by atoms with E-state index in [2.05, 4.69) is 5.10 Å². The average Bonchev–Trinajstić information content (AvgIpc) is 2.60. The SMILES string of the molecule is CN(C)c1cc(F)ccc1-c1cnn(C)c1N. The van der Waals surface area contributed by atoms with Gasteiger partial charge in [0.2, 0.25) is 0 Å². The Hall–Kier alpha value is -2.04. The lowest BCUT2D eigenvalue weighted by atomic mass is 10.1. The van der Waals surface area contributed by atoms with Crippen LogP contribution in [0.25, 0.3) is 11.1 Å². The molecule has 17 heavy (non-hydrogen) atoms. The molecule has 90 valence electrons. The van der Waals surface area contributed by atoms with Crippen molar-refractivity contribution in [3.05, 3.63) is 30.2 Å². The Morgan fingerprint density at radius 1 is 1.29 bits per heavy atom. The normalized spacial score (nSPS) is 10.6. The topological polar surface area (TPSA) is 47.1 Å².